The van der Waals surface area contributed by atoms with Crippen LogP contribution in [0.1, 0.15) is 16.7 Å². The number of ether oxygens (including phenoxy) is 1. The van der Waals surface area contributed by atoms with E-state index in [0.29, 0.717) is 13.2 Å². The Balaban J connectivity index is 2.05. The highest BCUT2D eigenvalue weighted by Gasteiger charge is 2.00. The quantitative estimate of drug-likeness (QED) is 0.876. The molecular weight excluding hydrogens is 270 g/mol. The summed E-state index contributed by atoms with van der Waals surface area (Å²) < 4.78 is 5.76. The molecule has 102 valence electrons. The molecule has 0 unspecified atom stereocenters. The molecule has 0 aromatic heterocycles. The molecule has 2 aromatic carbocycles. The van der Waals surface area contributed by atoms with Crippen LogP contribution in [0.3, 0.4) is 0 Å². The third-order valence-electron chi connectivity index (χ3n) is 2.82. The highest BCUT2D eigenvalue weighted by molar-refractivity contribution is 6.30. The molecule has 2 aromatic rings. The maximum absolute atomic E-state index is 5.94. The number of benzene rings is 2. The predicted octanol–water partition coefficient (Wildman–Crippen LogP) is 3.54. The highest BCUT2D eigenvalue weighted by Crippen LogP contribution is 2.19. The molecule has 0 heterocycles. The fourth-order valence-electron chi connectivity index (χ4n) is 1.81. The molecule has 2 N–H and O–H groups in total. The van der Waals surface area contributed by atoms with Gasteiger partial charge in [-0.15, -0.1) is 0 Å². The fourth-order valence-corrected chi connectivity index (χ4v) is 2.02. The van der Waals surface area contributed by atoms with Crippen molar-refractivity contribution in [1.82, 2.24) is 0 Å². The largest absolute Gasteiger partial charge is 0.489 e. The van der Waals surface area contributed by atoms with Crippen LogP contribution in [0.4, 0.5) is 0 Å². The maximum Gasteiger partial charge on any atom is 0.120 e. The standard InChI is InChI=1S/C17H16ClNO/c1-13-10-17(8-7-15(13)5-3-9-19)20-12-14-4-2-6-16(18)11-14/h2,4,6-8,10-11H,9,12,19H2,1H3. The normalized spacial score (nSPS) is 9.75. The van der Waals surface area contributed by atoms with Crippen LogP contribution in [0, 0.1) is 18.8 Å². The molecule has 0 saturated carbocycles. The van der Waals surface area contributed by atoms with E-state index in [9.17, 15) is 0 Å². The summed E-state index contributed by atoms with van der Waals surface area (Å²) in [5.74, 6) is 6.70. The molecule has 0 aliphatic heterocycles. The van der Waals surface area contributed by atoms with Crippen molar-refractivity contribution in [3.8, 4) is 17.6 Å². The number of nitrogens with two attached hydrogens (primary N) is 1. The van der Waals surface area contributed by atoms with Crippen molar-refractivity contribution < 1.29 is 4.74 Å². The summed E-state index contributed by atoms with van der Waals surface area (Å²) in [6.07, 6.45) is 0. The highest BCUT2D eigenvalue weighted by atomic mass is 35.5. The Bertz CT molecular complexity index is 656. The van der Waals surface area contributed by atoms with E-state index in [1.165, 1.54) is 0 Å². The van der Waals surface area contributed by atoms with Crippen LogP contribution < -0.4 is 10.5 Å². The fraction of sp³-hybridized carbons (Fsp3) is 0.176. The Labute approximate surface area is 124 Å². The van der Waals surface area contributed by atoms with Gasteiger partial charge in [0.1, 0.15) is 12.4 Å². The van der Waals surface area contributed by atoms with Crippen molar-refractivity contribution in [1.29, 1.82) is 0 Å². The molecule has 0 fully saturated rings. The Morgan fingerprint density at radius 2 is 2.05 bits per heavy atom. The first-order valence-electron chi connectivity index (χ1n) is 6.36. The van der Waals surface area contributed by atoms with Gasteiger partial charge in [-0.2, -0.15) is 0 Å². The van der Waals surface area contributed by atoms with Gasteiger partial charge in [0, 0.05) is 10.6 Å². The zero-order chi connectivity index (χ0) is 14.4. The average molecular weight is 286 g/mol. The molecule has 3 heteroatoms. The van der Waals surface area contributed by atoms with Gasteiger partial charge >= 0.3 is 0 Å². The molecule has 0 atom stereocenters. The Kier molecular flexibility index (Phi) is 5.06. The molecule has 2 nitrogen and oxygen atoms in total. The number of aryl methyl sites for hydroxylation is 1. The van der Waals surface area contributed by atoms with Gasteiger partial charge < -0.3 is 10.5 Å². The van der Waals surface area contributed by atoms with Crippen molar-refractivity contribution in [2.75, 3.05) is 6.54 Å². The summed E-state index contributed by atoms with van der Waals surface area (Å²) in [7, 11) is 0. The minimum atomic E-state index is 0.368. The Morgan fingerprint density at radius 1 is 1.20 bits per heavy atom. The van der Waals surface area contributed by atoms with E-state index in [-0.39, 0.29) is 0 Å². The second-order valence-corrected chi connectivity index (χ2v) is 4.84. The molecule has 2 rings (SSSR count). The summed E-state index contributed by atoms with van der Waals surface area (Å²) >= 11 is 5.94. The van der Waals surface area contributed by atoms with Crippen molar-refractivity contribution >= 4 is 11.6 Å². The Hall–Kier alpha value is -1.95. The first kappa shape index (κ1) is 14.5. The van der Waals surface area contributed by atoms with Crippen molar-refractivity contribution in [2.24, 2.45) is 5.73 Å². The number of hydrogen-bond acceptors (Lipinski definition) is 2. The lowest BCUT2D eigenvalue weighted by atomic mass is 10.1. The van der Waals surface area contributed by atoms with E-state index >= 15 is 0 Å². The predicted molar refractivity (Wildman–Crippen MR) is 82.9 cm³/mol. The molecule has 0 aliphatic rings. The van der Waals surface area contributed by atoms with Crippen LogP contribution in [0.25, 0.3) is 0 Å². The molecule has 0 saturated heterocycles. The summed E-state index contributed by atoms with van der Waals surface area (Å²) in [4.78, 5) is 0. The molecule has 0 spiro atoms. The number of rotatable bonds is 3. The summed E-state index contributed by atoms with van der Waals surface area (Å²) in [6, 6.07) is 13.5. The van der Waals surface area contributed by atoms with E-state index < -0.39 is 0 Å². The van der Waals surface area contributed by atoms with Gasteiger partial charge in [-0.1, -0.05) is 35.6 Å². The lowest BCUT2D eigenvalue weighted by Gasteiger charge is -2.08. The van der Waals surface area contributed by atoms with Gasteiger partial charge in [0.25, 0.3) is 0 Å². The summed E-state index contributed by atoms with van der Waals surface area (Å²) in [5.41, 5.74) is 8.47. The minimum Gasteiger partial charge on any atom is -0.489 e. The van der Waals surface area contributed by atoms with E-state index in [2.05, 4.69) is 11.8 Å². The van der Waals surface area contributed by atoms with E-state index in [1.54, 1.807) is 0 Å². The van der Waals surface area contributed by atoms with Crippen LogP contribution in [-0.4, -0.2) is 6.54 Å². The number of halogens is 1. The van der Waals surface area contributed by atoms with Crippen molar-refractivity contribution in [3.05, 3.63) is 64.2 Å². The van der Waals surface area contributed by atoms with Gasteiger partial charge in [0.05, 0.1) is 6.54 Å². The third-order valence-corrected chi connectivity index (χ3v) is 3.05. The Morgan fingerprint density at radius 3 is 2.75 bits per heavy atom. The first-order valence-corrected chi connectivity index (χ1v) is 6.73. The van der Waals surface area contributed by atoms with Crippen molar-refractivity contribution in [2.45, 2.75) is 13.5 Å². The van der Waals surface area contributed by atoms with Crippen LogP contribution in [0.15, 0.2) is 42.5 Å². The topological polar surface area (TPSA) is 35.2 Å². The lowest BCUT2D eigenvalue weighted by Crippen LogP contribution is -1.96. The van der Waals surface area contributed by atoms with E-state index in [0.717, 1.165) is 27.5 Å². The molecular formula is C17H16ClNO. The molecule has 0 radical (unpaired) electrons. The van der Waals surface area contributed by atoms with Crippen LogP contribution in [0.5, 0.6) is 5.75 Å². The molecule has 0 aliphatic carbocycles. The molecule has 0 bridgehead atoms. The lowest BCUT2D eigenvalue weighted by molar-refractivity contribution is 0.306. The SMILES string of the molecule is Cc1cc(OCc2cccc(Cl)c2)ccc1C#CCN. The zero-order valence-electron chi connectivity index (χ0n) is 11.3. The van der Waals surface area contributed by atoms with Gasteiger partial charge in [-0.25, -0.2) is 0 Å². The first-order chi connectivity index (χ1) is 9.69. The molecule has 0 amide bonds. The van der Waals surface area contributed by atoms with Gasteiger partial charge in [-0.3, -0.25) is 0 Å². The van der Waals surface area contributed by atoms with Gasteiger partial charge in [-0.05, 0) is 48.4 Å². The zero-order valence-corrected chi connectivity index (χ0v) is 12.1. The van der Waals surface area contributed by atoms with Crippen molar-refractivity contribution in [3.63, 3.8) is 0 Å². The van der Waals surface area contributed by atoms with Gasteiger partial charge in [0.2, 0.25) is 0 Å². The van der Waals surface area contributed by atoms with Crippen LogP contribution in [0.2, 0.25) is 5.02 Å². The smallest absolute Gasteiger partial charge is 0.120 e. The van der Waals surface area contributed by atoms with Gasteiger partial charge in [0.15, 0.2) is 0 Å². The summed E-state index contributed by atoms with van der Waals surface area (Å²) in [6.45, 7) is 2.87. The second kappa shape index (κ2) is 7.00. The van der Waals surface area contributed by atoms with E-state index in [4.69, 9.17) is 22.1 Å². The second-order valence-electron chi connectivity index (χ2n) is 4.40. The maximum atomic E-state index is 5.94. The third kappa shape index (κ3) is 4.03. The van der Waals surface area contributed by atoms with Crippen LogP contribution >= 0.6 is 11.6 Å². The van der Waals surface area contributed by atoms with E-state index in [1.807, 2.05) is 49.4 Å². The monoisotopic (exact) mass is 285 g/mol. The summed E-state index contributed by atoms with van der Waals surface area (Å²) in [5, 5.41) is 0.717. The average Bonchev–Trinajstić information content (AvgIpc) is 2.44. The number of hydrogen-bond donors (Lipinski definition) is 1. The minimum absolute atomic E-state index is 0.368. The van der Waals surface area contributed by atoms with Crippen LogP contribution in [-0.2, 0) is 6.61 Å². The molecule has 20 heavy (non-hydrogen) atoms.